The van der Waals surface area contributed by atoms with Crippen LogP contribution in [0.2, 0.25) is 0 Å². The third kappa shape index (κ3) is 5.08. The first kappa shape index (κ1) is 21.0. The average Bonchev–Trinajstić information content (AvgIpc) is 3.40. The van der Waals surface area contributed by atoms with Gasteiger partial charge in [-0.1, -0.05) is 17.4 Å². The van der Waals surface area contributed by atoms with Crippen LogP contribution in [0.15, 0.2) is 55.1 Å². The molecule has 1 amide bonds. The van der Waals surface area contributed by atoms with Crippen molar-refractivity contribution >= 4 is 32.6 Å². The van der Waals surface area contributed by atoms with Crippen LogP contribution in [0.3, 0.4) is 0 Å². The number of hydrogen-bond donors (Lipinski definition) is 0. The SMILES string of the molecule is Cc1cc(C)c2sc(N(CCCn3ccnc3)C(=O)COc3ccc(F)cc3)nc2c1. The van der Waals surface area contributed by atoms with E-state index in [4.69, 9.17) is 9.72 Å². The van der Waals surface area contributed by atoms with Crippen LogP contribution >= 0.6 is 11.3 Å². The van der Waals surface area contributed by atoms with Gasteiger partial charge in [-0.15, -0.1) is 0 Å². The number of aryl methyl sites for hydroxylation is 3. The Balaban J connectivity index is 1.53. The molecular weight excluding hydrogens is 415 g/mol. The normalized spacial score (nSPS) is 11.1. The highest BCUT2D eigenvalue weighted by molar-refractivity contribution is 7.22. The fourth-order valence-corrected chi connectivity index (χ4v) is 4.45. The molecule has 0 spiro atoms. The van der Waals surface area contributed by atoms with Crippen molar-refractivity contribution in [3.8, 4) is 5.75 Å². The molecule has 0 bridgehead atoms. The third-order valence-electron chi connectivity index (χ3n) is 4.87. The van der Waals surface area contributed by atoms with Crippen LogP contribution in [-0.2, 0) is 11.3 Å². The smallest absolute Gasteiger partial charge is 0.266 e. The molecule has 4 aromatic rings. The van der Waals surface area contributed by atoms with Crippen molar-refractivity contribution in [2.45, 2.75) is 26.8 Å². The van der Waals surface area contributed by atoms with Crippen molar-refractivity contribution in [2.75, 3.05) is 18.1 Å². The number of ether oxygens (including phenoxy) is 1. The minimum absolute atomic E-state index is 0.148. The summed E-state index contributed by atoms with van der Waals surface area (Å²) in [4.78, 5) is 23.6. The highest BCUT2D eigenvalue weighted by Crippen LogP contribution is 2.32. The quantitative estimate of drug-likeness (QED) is 0.398. The van der Waals surface area contributed by atoms with Gasteiger partial charge in [-0.2, -0.15) is 0 Å². The van der Waals surface area contributed by atoms with Crippen molar-refractivity contribution in [3.63, 3.8) is 0 Å². The van der Waals surface area contributed by atoms with Crippen molar-refractivity contribution in [1.82, 2.24) is 14.5 Å². The molecule has 2 heterocycles. The number of nitrogens with zero attached hydrogens (tertiary/aromatic N) is 4. The summed E-state index contributed by atoms with van der Waals surface area (Å²) >= 11 is 1.51. The van der Waals surface area contributed by atoms with E-state index in [0.717, 1.165) is 34.3 Å². The van der Waals surface area contributed by atoms with Gasteiger partial charge in [-0.3, -0.25) is 9.69 Å². The lowest BCUT2D eigenvalue weighted by Gasteiger charge is -2.20. The molecule has 4 rings (SSSR count). The standard InChI is InChI=1S/C23H23FN4O2S/c1-16-12-17(2)22-20(13-16)26-23(31-22)28(10-3-9-27-11-8-25-15-27)21(29)14-30-19-6-4-18(24)5-7-19/h4-8,11-13,15H,3,9-10,14H2,1-2H3. The number of hydrogen-bond acceptors (Lipinski definition) is 5. The molecule has 0 unspecified atom stereocenters. The van der Waals surface area contributed by atoms with E-state index in [2.05, 4.69) is 18.0 Å². The minimum atomic E-state index is -0.347. The number of carbonyl (C=O) groups is 1. The number of amides is 1. The first-order valence-corrected chi connectivity index (χ1v) is 10.8. The fraction of sp³-hybridized carbons (Fsp3) is 0.261. The number of carbonyl (C=O) groups excluding carboxylic acids is 1. The fourth-order valence-electron chi connectivity index (χ4n) is 3.39. The summed E-state index contributed by atoms with van der Waals surface area (Å²) in [6, 6.07) is 9.78. The number of anilines is 1. The molecule has 0 saturated heterocycles. The molecule has 0 radical (unpaired) electrons. The van der Waals surface area contributed by atoms with Crippen LogP contribution < -0.4 is 9.64 Å². The van der Waals surface area contributed by atoms with E-state index in [0.29, 0.717) is 17.4 Å². The molecule has 31 heavy (non-hydrogen) atoms. The van der Waals surface area contributed by atoms with Crippen LogP contribution in [0.25, 0.3) is 10.2 Å². The Kier molecular flexibility index (Phi) is 6.27. The van der Waals surface area contributed by atoms with Gasteiger partial charge in [-0.05, 0) is 61.7 Å². The van der Waals surface area contributed by atoms with E-state index < -0.39 is 0 Å². The Labute approximate surface area is 183 Å². The van der Waals surface area contributed by atoms with Crippen LogP contribution in [0, 0.1) is 19.7 Å². The number of rotatable bonds is 8. The van der Waals surface area contributed by atoms with Crippen LogP contribution in [0.4, 0.5) is 9.52 Å². The zero-order valence-electron chi connectivity index (χ0n) is 17.4. The minimum Gasteiger partial charge on any atom is -0.484 e. The van der Waals surface area contributed by atoms with E-state index in [1.807, 2.05) is 23.8 Å². The molecule has 2 aromatic heterocycles. The Morgan fingerprint density at radius 1 is 1.23 bits per heavy atom. The highest BCUT2D eigenvalue weighted by Gasteiger charge is 2.21. The summed E-state index contributed by atoms with van der Waals surface area (Å²) < 4.78 is 21.8. The Morgan fingerprint density at radius 2 is 2.03 bits per heavy atom. The van der Waals surface area contributed by atoms with Crippen molar-refractivity contribution < 1.29 is 13.9 Å². The summed E-state index contributed by atoms with van der Waals surface area (Å²) in [5.74, 6) is -0.0905. The van der Waals surface area contributed by atoms with Crippen molar-refractivity contribution in [1.29, 1.82) is 0 Å². The van der Waals surface area contributed by atoms with Gasteiger partial charge in [0.1, 0.15) is 11.6 Å². The third-order valence-corrected chi connectivity index (χ3v) is 6.10. The zero-order chi connectivity index (χ0) is 21.8. The zero-order valence-corrected chi connectivity index (χ0v) is 18.2. The first-order valence-electron chi connectivity index (χ1n) is 10.0. The van der Waals surface area contributed by atoms with Gasteiger partial charge in [0.15, 0.2) is 11.7 Å². The van der Waals surface area contributed by atoms with E-state index in [-0.39, 0.29) is 18.3 Å². The van der Waals surface area contributed by atoms with Crippen LogP contribution in [0.5, 0.6) is 5.75 Å². The molecule has 0 atom stereocenters. The summed E-state index contributed by atoms with van der Waals surface area (Å²) in [5.41, 5.74) is 3.18. The topological polar surface area (TPSA) is 60.2 Å². The molecule has 6 nitrogen and oxygen atoms in total. The predicted molar refractivity (Wildman–Crippen MR) is 120 cm³/mol. The average molecular weight is 439 g/mol. The number of benzene rings is 2. The molecule has 2 aromatic carbocycles. The molecule has 0 N–H and O–H groups in total. The second-order valence-electron chi connectivity index (χ2n) is 7.37. The number of thiazole rings is 1. The second-order valence-corrected chi connectivity index (χ2v) is 8.35. The first-order chi connectivity index (χ1) is 15.0. The molecule has 0 aliphatic heterocycles. The maximum atomic E-state index is 13.1. The van der Waals surface area contributed by atoms with Gasteiger partial charge in [0, 0.05) is 25.5 Å². The molecule has 8 heteroatoms. The Bertz CT molecular complexity index is 1170. The highest BCUT2D eigenvalue weighted by atomic mass is 32.1. The molecule has 0 fully saturated rings. The summed E-state index contributed by atoms with van der Waals surface area (Å²) in [7, 11) is 0. The molecule has 0 aliphatic carbocycles. The monoisotopic (exact) mass is 438 g/mol. The lowest BCUT2D eigenvalue weighted by molar-refractivity contribution is -0.120. The molecular formula is C23H23FN4O2S. The maximum absolute atomic E-state index is 13.1. The Morgan fingerprint density at radius 3 is 2.77 bits per heavy atom. The van der Waals surface area contributed by atoms with Crippen LogP contribution in [-0.4, -0.2) is 33.6 Å². The Hall–Kier alpha value is -3.26. The molecule has 0 saturated carbocycles. The van der Waals surface area contributed by atoms with Gasteiger partial charge in [0.05, 0.1) is 16.5 Å². The molecule has 160 valence electrons. The van der Waals surface area contributed by atoms with E-state index in [9.17, 15) is 9.18 Å². The number of fused-ring (bicyclic) bond motifs is 1. The van der Waals surface area contributed by atoms with Gasteiger partial charge >= 0.3 is 0 Å². The lowest BCUT2D eigenvalue weighted by atomic mass is 10.1. The van der Waals surface area contributed by atoms with E-state index in [1.165, 1.54) is 35.6 Å². The van der Waals surface area contributed by atoms with Gasteiger partial charge in [-0.25, -0.2) is 14.4 Å². The number of imidazole rings is 1. The lowest BCUT2D eigenvalue weighted by Crippen LogP contribution is -2.36. The summed E-state index contributed by atoms with van der Waals surface area (Å²) in [6.45, 7) is 5.19. The summed E-state index contributed by atoms with van der Waals surface area (Å²) in [6.07, 6.45) is 6.13. The van der Waals surface area contributed by atoms with Crippen LogP contribution in [0.1, 0.15) is 17.5 Å². The van der Waals surface area contributed by atoms with Gasteiger partial charge in [0.25, 0.3) is 5.91 Å². The number of halogens is 1. The van der Waals surface area contributed by atoms with Gasteiger partial charge < -0.3 is 9.30 Å². The number of aromatic nitrogens is 3. The second kappa shape index (κ2) is 9.26. The van der Waals surface area contributed by atoms with Gasteiger partial charge in [0.2, 0.25) is 0 Å². The maximum Gasteiger partial charge on any atom is 0.266 e. The summed E-state index contributed by atoms with van der Waals surface area (Å²) in [5, 5.41) is 0.655. The van der Waals surface area contributed by atoms with Crippen molar-refractivity contribution in [3.05, 3.63) is 72.1 Å². The largest absolute Gasteiger partial charge is 0.484 e. The predicted octanol–water partition coefficient (Wildman–Crippen LogP) is 4.75. The van der Waals surface area contributed by atoms with E-state index in [1.54, 1.807) is 17.4 Å². The van der Waals surface area contributed by atoms with Crippen molar-refractivity contribution in [2.24, 2.45) is 0 Å². The molecule has 0 aliphatic rings. The van der Waals surface area contributed by atoms with E-state index >= 15 is 0 Å².